The molecule has 1 rings (SSSR count). The van der Waals surface area contributed by atoms with Crippen LogP contribution < -0.4 is 0 Å². The average molecular weight is 293 g/mol. The summed E-state index contributed by atoms with van der Waals surface area (Å²) in [5.41, 5.74) is 1.37. The van der Waals surface area contributed by atoms with Crippen LogP contribution in [0.4, 0.5) is 0 Å². The van der Waals surface area contributed by atoms with E-state index in [1.54, 1.807) is 31.2 Å². The number of ether oxygens (including phenoxy) is 1. The molecule has 0 saturated heterocycles. The van der Waals surface area contributed by atoms with Gasteiger partial charge in [-0.3, -0.25) is 9.69 Å². The molecule has 0 N–H and O–H groups in total. The minimum absolute atomic E-state index is 0.177. The molecule has 0 aliphatic heterocycles. The highest BCUT2D eigenvalue weighted by molar-refractivity contribution is 6.31. The van der Waals surface area contributed by atoms with E-state index < -0.39 is 0 Å². The molecule has 0 atom stereocenters. The third-order valence-electron chi connectivity index (χ3n) is 2.62. The molecule has 4 nitrogen and oxygen atoms in total. The van der Waals surface area contributed by atoms with E-state index in [2.05, 4.69) is 6.58 Å². The Morgan fingerprint density at radius 1 is 1.60 bits per heavy atom. The van der Waals surface area contributed by atoms with Crippen molar-refractivity contribution in [1.82, 2.24) is 4.90 Å². The third kappa shape index (κ3) is 5.04. The molecule has 0 heterocycles. The first-order valence-electron chi connectivity index (χ1n) is 6.28. The van der Waals surface area contributed by atoms with Crippen LogP contribution in [0.1, 0.15) is 18.1 Å². The summed E-state index contributed by atoms with van der Waals surface area (Å²) < 4.78 is 4.93. The van der Waals surface area contributed by atoms with Gasteiger partial charge in [0.2, 0.25) is 0 Å². The summed E-state index contributed by atoms with van der Waals surface area (Å²) in [5.74, 6) is -0.279. The molecular weight excluding hydrogens is 276 g/mol. The molecule has 0 bridgehead atoms. The Morgan fingerprint density at radius 2 is 2.35 bits per heavy atom. The van der Waals surface area contributed by atoms with Crippen LogP contribution >= 0.6 is 11.6 Å². The predicted octanol–water partition coefficient (Wildman–Crippen LogP) is 2.76. The van der Waals surface area contributed by atoms with E-state index in [-0.39, 0.29) is 12.5 Å². The Labute approximate surface area is 124 Å². The van der Waals surface area contributed by atoms with Gasteiger partial charge in [-0.15, -0.1) is 6.58 Å². The van der Waals surface area contributed by atoms with E-state index in [4.69, 9.17) is 21.6 Å². The molecule has 1 aromatic carbocycles. The topological polar surface area (TPSA) is 53.3 Å². The van der Waals surface area contributed by atoms with Crippen LogP contribution in [0.2, 0.25) is 5.02 Å². The van der Waals surface area contributed by atoms with Crippen LogP contribution in [0.3, 0.4) is 0 Å². The summed E-state index contributed by atoms with van der Waals surface area (Å²) in [6.45, 7) is 7.03. The maximum atomic E-state index is 11.5. The average Bonchev–Trinajstić information content (AvgIpc) is 2.41. The fraction of sp³-hybridized carbons (Fsp3) is 0.333. The second-order valence-corrected chi connectivity index (χ2v) is 4.59. The molecule has 0 unspecified atom stereocenters. The Morgan fingerprint density at radius 3 is 2.90 bits per heavy atom. The molecule has 0 amide bonds. The second kappa shape index (κ2) is 8.36. The van der Waals surface area contributed by atoms with Crippen molar-refractivity contribution >= 4 is 17.6 Å². The summed E-state index contributed by atoms with van der Waals surface area (Å²) in [6, 6.07) is 7.15. The van der Waals surface area contributed by atoms with Crippen molar-refractivity contribution in [2.24, 2.45) is 0 Å². The van der Waals surface area contributed by atoms with Crippen molar-refractivity contribution in [3.05, 3.63) is 47.0 Å². The van der Waals surface area contributed by atoms with Gasteiger partial charge in [0.15, 0.2) is 0 Å². The number of hydrogen-bond donors (Lipinski definition) is 0. The van der Waals surface area contributed by atoms with Crippen molar-refractivity contribution in [2.45, 2.75) is 13.5 Å². The molecule has 0 aliphatic carbocycles. The van der Waals surface area contributed by atoms with Crippen molar-refractivity contribution in [2.75, 3.05) is 19.7 Å². The normalized spacial score (nSPS) is 10.1. The van der Waals surface area contributed by atoms with E-state index in [0.29, 0.717) is 30.3 Å². The number of halogens is 1. The zero-order valence-corrected chi connectivity index (χ0v) is 12.2. The van der Waals surface area contributed by atoms with Gasteiger partial charge in [-0.1, -0.05) is 23.7 Å². The molecule has 0 spiro atoms. The van der Waals surface area contributed by atoms with Gasteiger partial charge in [-0.25, -0.2) is 0 Å². The SMILES string of the molecule is C=CCN(CC(=O)OCC)Cc1ccc(C#N)cc1Cl. The van der Waals surface area contributed by atoms with Crippen LogP contribution in [-0.4, -0.2) is 30.6 Å². The molecule has 0 saturated carbocycles. The first-order valence-corrected chi connectivity index (χ1v) is 6.65. The van der Waals surface area contributed by atoms with Crippen LogP contribution in [0.15, 0.2) is 30.9 Å². The Balaban J connectivity index is 2.77. The van der Waals surface area contributed by atoms with Crippen molar-refractivity contribution in [3.63, 3.8) is 0 Å². The van der Waals surface area contributed by atoms with Gasteiger partial charge < -0.3 is 4.74 Å². The third-order valence-corrected chi connectivity index (χ3v) is 2.97. The van der Waals surface area contributed by atoms with E-state index in [1.165, 1.54) is 0 Å². The van der Waals surface area contributed by atoms with Gasteiger partial charge in [0, 0.05) is 18.1 Å². The lowest BCUT2D eigenvalue weighted by Gasteiger charge is -2.20. The number of hydrogen-bond acceptors (Lipinski definition) is 4. The maximum Gasteiger partial charge on any atom is 0.320 e. The van der Waals surface area contributed by atoms with Crippen molar-refractivity contribution < 1.29 is 9.53 Å². The monoisotopic (exact) mass is 292 g/mol. The predicted molar refractivity (Wildman–Crippen MR) is 78.3 cm³/mol. The van der Waals surface area contributed by atoms with E-state index in [0.717, 1.165) is 5.56 Å². The van der Waals surface area contributed by atoms with Crippen molar-refractivity contribution in [3.8, 4) is 6.07 Å². The van der Waals surface area contributed by atoms with Gasteiger partial charge in [-0.2, -0.15) is 5.26 Å². The zero-order chi connectivity index (χ0) is 15.0. The highest BCUT2D eigenvalue weighted by atomic mass is 35.5. The van der Waals surface area contributed by atoms with Gasteiger partial charge >= 0.3 is 5.97 Å². The zero-order valence-electron chi connectivity index (χ0n) is 11.4. The molecule has 20 heavy (non-hydrogen) atoms. The molecule has 0 fully saturated rings. The number of carbonyl (C=O) groups excluding carboxylic acids is 1. The van der Waals surface area contributed by atoms with Crippen LogP contribution in [0, 0.1) is 11.3 Å². The molecule has 0 aliphatic rings. The minimum Gasteiger partial charge on any atom is -0.465 e. The largest absolute Gasteiger partial charge is 0.465 e. The van der Waals surface area contributed by atoms with Gasteiger partial charge in [0.1, 0.15) is 0 Å². The Hall–Kier alpha value is -1.83. The number of carbonyl (C=O) groups is 1. The van der Waals surface area contributed by atoms with Gasteiger partial charge in [0.25, 0.3) is 0 Å². The number of esters is 1. The first kappa shape index (κ1) is 16.2. The molecule has 1 aromatic rings. The second-order valence-electron chi connectivity index (χ2n) is 4.18. The molecule has 0 radical (unpaired) electrons. The van der Waals surface area contributed by atoms with Gasteiger partial charge in [0.05, 0.1) is 24.8 Å². The van der Waals surface area contributed by atoms with E-state index >= 15 is 0 Å². The van der Waals surface area contributed by atoms with E-state index in [1.807, 2.05) is 11.0 Å². The Kier molecular flexibility index (Phi) is 6.78. The number of benzene rings is 1. The maximum absolute atomic E-state index is 11.5. The molecular formula is C15H17ClN2O2. The van der Waals surface area contributed by atoms with Crippen molar-refractivity contribution in [1.29, 1.82) is 5.26 Å². The smallest absolute Gasteiger partial charge is 0.320 e. The van der Waals surface area contributed by atoms with Gasteiger partial charge in [-0.05, 0) is 24.6 Å². The number of rotatable bonds is 7. The summed E-state index contributed by atoms with van der Waals surface area (Å²) in [4.78, 5) is 13.4. The fourth-order valence-corrected chi connectivity index (χ4v) is 1.98. The molecule has 106 valence electrons. The molecule has 5 heteroatoms. The quantitative estimate of drug-likeness (QED) is 0.573. The molecule has 0 aromatic heterocycles. The lowest BCUT2D eigenvalue weighted by atomic mass is 10.1. The Bertz CT molecular complexity index is 523. The highest BCUT2D eigenvalue weighted by Crippen LogP contribution is 2.19. The summed E-state index contributed by atoms with van der Waals surface area (Å²) in [6.07, 6.45) is 1.72. The highest BCUT2D eigenvalue weighted by Gasteiger charge is 2.12. The first-order chi connectivity index (χ1) is 9.60. The summed E-state index contributed by atoms with van der Waals surface area (Å²) in [7, 11) is 0. The van der Waals surface area contributed by atoms with Crippen LogP contribution in [-0.2, 0) is 16.1 Å². The van der Waals surface area contributed by atoms with E-state index in [9.17, 15) is 4.79 Å². The minimum atomic E-state index is -0.279. The number of nitrogens with zero attached hydrogens (tertiary/aromatic N) is 2. The standard InChI is InChI=1S/C15H17ClN2O2/c1-3-7-18(11-15(19)20-4-2)10-13-6-5-12(9-17)8-14(13)16/h3,5-6,8H,1,4,7,10-11H2,2H3. The lowest BCUT2D eigenvalue weighted by molar-refractivity contribution is -0.144. The number of nitriles is 1. The lowest BCUT2D eigenvalue weighted by Crippen LogP contribution is -2.31. The fourth-order valence-electron chi connectivity index (χ4n) is 1.74. The van der Waals surface area contributed by atoms with Crippen LogP contribution in [0.25, 0.3) is 0 Å². The summed E-state index contributed by atoms with van der Waals surface area (Å²) in [5, 5.41) is 9.32. The summed E-state index contributed by atoms with van der Waals surface area (Å²) >= 11 is 6.13. The van der Waals surface area contributed by atoms with Crippen LogP contribution in [0.5, 0.6) is 0 Å².